The summed E-state index contributed by atoms with van der Waals surface area (Å²) >= 11 is 1.72. The van der Waals surface area contributed by atoms with Crippen LogP contribution in [-0.2, 0) is 5.41 Å². The van der Waals surface area contributed by atoms with E-state index in [0.717, 1.165) is 27.4 Å². The van der Waals surface area contributed by atoms with Crippen LogP contribution in [0.1, 0.15) is 30.5 Å². The van der Waals surface area contributed by atoms with E-state index >= 15 is 0 Å². The van der Waals surface area contributed by atoms with E-state index in [9.17, 15) is 0 Å². The Morgan fingerprint density at radius 2 is 1.77 bits per heavy atom. The Morgan fingerprint density at radius 3 is 2.58 bits per heavy atom. The van der Waals surface area contributed by atoms with Crippen molar-refractivity contribution in [1.82, 2.24) is 4.98 Å². The highest BCUT2D eigenvalue weighted by Crippen LogP contribution is 2.55. The Morgan fingerprint density at radius 1 is 1.00 bits per heavy atom. The van der Waals surface area contributed by atoms with Gasteiger partial charge in [0.15, 0.2) is 0 Å². The molecule has 0 radical (unpaired) electrons. The Hall–Kier alpha value is -3.11. The van der Waals surface area contributed by atoms with Crippen LogP contribution in [0.25, 0.3) is 26.9 Å². The summed E-state index contributed by atoms with van der Waals surface area (Å²) in [6.45, 7) is 6.68. The average molecular weight is 425 g/mol. The molecular weight excluding hydrogens is 400 g/mol. The van der Waals surface area contributed by atoms with E-state index in [1.807, 2.05) is 6.07 Å². The Labute approximate surface area is 186 Å². The van der Waals surface area contributed by atoms with Gasteiger partial charge < -0.3 is 9.64 Å². The lowest BCUT2D eigenvalue weighted by Gasteiger charge is -2.46. The van der Waals surface area contributed by atoms with Crippen molar-refractivity contribution in [3.05, 3.63) is 83.4 Å². The number of thiazole rings is 1. The smallest absolute Gasteiger partial charge is 0.211 e. The van der Waals surface area contributed by atoms with E-state index < -0.39 is 5.72 Å². The average Bonchev–Trinajstić information content (AvgIpc) is 3.27. The number of rotatable bonds is 1. The van der Waals surface area contributed by atoms with Crippen molar-refractivity contribution >= 4 is 33.3 Å². The summed E-state index contributed by atoms with van der Waals surface area (Å²) < 4.78 is 8.23. The third-order valence-electron chi connectivity index (χ3n) is 6.87. The van der Waals surface area contributed by atoms with Crippen LogP contribution >= 0.6 is 11.3 Å². The third-order valence-corrected chi connectivity index (χ3v) is 7.93. The normalized spacial score (nSPS) is 20.7. The van der Waals surface area contributed by atoms with Crippen LogP contribution in [0.2, 0.25) is 0 Å². The lowest BCUT2D eigenvalue weighted by molar-refractivity contribution is 0.0588. The number of nitrogens with zero attached hydrogens (tertiary/aromatic N) is 2. The zero-order valence-corrected chi connectivity index (χ0v) is 19.0. The number of aryl methyl sites for hydroxylation is 1. The molecular formula is C27H24N2OS. The summed E-state index contributed by atoms with van der Waals surface area (Å²) in [7, 11) is 2.13. The topological polar surface area (TPSA) is 25.4 Å². The third kappa shape index (κ3) is 2.42. The van der Waals surface area contributed by atoms with Crippen LogP contribution in [0, 0.1) is 6.92 Å². The van der Waals surface area contributed by atoms with Crippen molar-refractivity contribution in [1.29, 1.82) is 0 Å². The maximum Gasteiger partial charge on any atom is 0.211 e. The molecule has 0 aliphatic carbocycles. The summed E-state index contributed by atoms with van der Waals surface area (Å²) in [6, 6.07) is 21.3. The number of likely N-dealkylation sites (N-methyl/N-ethyl adjacent to an activating group) is 1. The standard InChI is InChI=1S/C27H24N2OS/c1-17-15-18-13-14-27(26(2,3)20-9-5-7-11-22(20)29(27)4)30-24(18)19(16-17)25-28-21-10-6-8-12-23(21)31-25/h5-16H,1-4H3/t27-/m0/s1. The minimum atomic E-state index is -0.593. The van der Waals surface area contributed by atoms with Gasteiger partial charge in [-0.15, -0.1) is 11.3 Å². The molecule has 3 heterocycles. The number of hydrogen-bond acceptors (Lipinski definition) is 4. The van der Waals surface area contributed by atoms with Crippen molar-refractivity contribution in [2.45, 2.75) is 31.9 Å². The zero-order chi connectivity index (χ0) is 21.4. The van der Waals surface area contributed by atoms with Gasteiger partial charge in [-0.1, -0.05) is 30.3 Å². The number of anilines is 1. The summed E-state index contributed by atoms with van der Waals surface area (Å²) in [6.07, 6.45) is 4.46. The minimum Gasteiger partial charge on any atom is -0.462 e. The molecule has 6 rings (SSSR count). The Bertz CT molecular complexity index is 1350. The maximum absolute atomic E-state index is 7.03. The minimum absolute atomic E-state index is 0.220. The molecule has 2 aliphatic rings. The molecule has 3 aromatic carbocycles. The number of aromatic nitrogens is 1. The van der Waals surface area contributed by atoms with Crippen LogP contribution in [0.3, 0.4) is 0 Å². The molecule has 0 fully saturated rings. The quantitative estimate of drug-likeness (QED) is 0.336. The molecule has 0 bridgehead atoms. The molecule has 0 saturated carbocycles. The highest BCUT2D eigenvalue weighted by molar-refractivity contribution is 7.21. The van der Waals surface area contributed by atoms with E-state index in [1.54, 1.807) is 11.3 Å². The summed E-state index contributed by atoms with van der Waals surface area (Å²) in [5.41, 5.74) is 6.13. The lowest BCUT2D eigenvalue weighted by atomic mass is 9.76. The van der Waals surface area contributed by atoms with Gasteiger partial charge in [-0.3, -0.25) is 0 Å². The van der Waals surface area contributed by atoms with Crippen LogP contribution in [0.15, 0.2) is 66.7 Å². The molecule has 1 spiro atoms. The van der Waals surface area contributed by atoms with Crippen LogP contribution < -0.4 is 9.64 Å². The monoisotopic (exact) mass is 424 g/mol. The lowest BCUT2D eigenvalue weighted by Crippen LogP contribution is -2.58. The molecule has 154 valence electrons. The Balaban J connectivity index is 1.55. The zero-order valence-electron chi connectivity index (χ0n) is 18.1. The van der Waals surface area contributed by atoms with Gasteiger partial charge >= 0.3 is 0 Å². The van der Waals surface area contributed by atoms with Crippen molar-refractivity contribution < 1.29 is 4.74 Å². The van der Waals surface area contributed by atoms with Crippen LogP contribution in [-0.4, -0.2) is 17.8 Å². The van der Waals surface area contributed by atoms with Gasteiger partial charge in [0.1, 0.15) is 10.8 Å². The van der Waals surface area contributed by atoms with Gasteiger partial charge in [-0.25, -0.2) is 4.98 Å². The second-order valence-corrected chi connectivity index (χ2v) is 10.1. The van der Waals surface area contributed by atoms with E-state index in [-0.39, 0.29) is 5.41 Å². The van der Waals surface area contributed by atoms with Crippen LogP contribution in [0.5, 0.6) is 5.75 Å². The highest BCUT2D eigenvalue weighted by atomic mass is 32.1. The molecule has 0 amide bonds. The van der Waals surface area contributed by atoms with Gasteiger partial charge in [0.2, 0.25) is 5.72 Å². The van der Waals surface area contributed by atoms with Crippen molar-refractivity contribution in [3.63, 3.8) is 0 Å². The van der Waals surface area contributed by atoms with Gasteiger partial charge in [0, 0.05) is 18.3 Å². The fraction of sp³-hybridized carbons (Fsp3) is 0.222. The van der Waals surface area contributed by atoms with E-state index in [2.05, 4.69) is 99.5 Å². The molecule has 0 unspecified atom stereocenters. The Kier molecular flexibility index (Phi) is 3.73. The molecule has 4 heteroatoms. The van der Waals surface area contributed by atoms with E-state index in [1.165, 1.54) is 21.5 Å². The number of hydrogen-bond donors (Lipinski definition) is 0. The first-order valence-electron chi connectivity index (χ1n) is 10.6. The molecule has 31 heavy (non-hydrogen) atoms. The second kappa shape index (κ2) is 6.21. The molecule has 3 nitrogen and oxygen atoms in total. The number of fused-ring (bicyclic) bond motifs is 3. The fourth-order valence-corrected chi connectivity index (χ4v) is 6.16. The predicted molar refractivity (Wildman–Crippen MR) is 130 cm³/mol. The van der Waals surface area contributed by atoms with E-state index in [4.69, 9.17) is 9.72 Å². The van der Waals surface area contributed by atoms with E-state index in [0.29, 0.717) is 0 Å². The van der Waals surface area contributed by atoms with Gasteiger partial charge in [0.25, 0.3) is 0 Å². The predicted octanol–water partition coefficient (Wildman–Crippen LogP) is 6.80. The highest BCUT2D eigenvalue weighted by Gasteiger charge is 2.57. The molecule has 1 aromatic heterocycles. The van der Waals surface area contributed by atoms with Crippen molar-refractivity contribution in [2.24, 2.45) is 0 Å². The molecule has 0 saturated heterocycles. The summed E-state index contributed by atoms with van der Waals surface area (Å²) in [5.74, 6) is 0.917. The molecule has 0 N–H and O–H groups in total. The largest absolute Gasteiger partial charge is 0.462 e. The first-order chi connectivity index (χ1) is 14.9. The van der Waals surface area contributed by atoms with Crippen LogP contribution in [0.4, 0.5) is 5.69 Å². The van der Waals surface area contributed by atoms with Gasteiger partial charge in [0.05, 0.1) is 21.2 Å². The fourth-order valence-electron chi connectivity index (χ4n) is 5.18. The first-order valence-corrected chi connectivity index (χ1v) is 11.4. The molecule has 4 aromatic rings. The summed E-state index contributed by atoms with van der Waals surface area (Å²) in [5, 5.41) is 1.00. The molecule has 2 aliphatic heterocycles. The van der Waals surface area contributed by atoms with Crippen molar-refractivity contribution in [3.8, 4) is 16.3 Å². The number of ether oxygens (including phenoxy) is 1. The number of para-hydroxylation sites is 2. The SMILES string of the molecule is Cc1cc2c(c(-c3nc4ccccc4s3)c1)O[C@]1(C=C2)N(C)c2ccccc2C1(C)C. The number of benzene rings is 3. The van der Waals surface area contributed by atoms with Gasteiger partial charge in [-0.2, -0.15) is 0 Å². The molecule has 1 atom stereocenters. The van der Waals surface area contributed by atoms with Crippen molar-refractivity contribution in [2.75, 3.05) is 11.9 Å². The maximum atomic E-state index is 7.03. The first kappa shape index (κ1) is 18.6. The summed E-state index contributed by atoms with van der Waals surface area (Å²) in [4.78, 5) is 7.22. The second-order valence-electron chi connectivity index (χ2n) is 9.05. The van der Waals surface area contributed by atoms with Gasteiger partial charge in [-0.05, 0) is 74.4 Å².